The van der Waals surface area contributed by atoms with Crippen molar-refractivity contribution in [2.75, 3.05) is 37.1 Å². The monoisotopic (exact) mass is 543 g/mol. The van der Waals surface area contributed by atoms with Crippen molar-refractivity contribution in [1.82, 2.24) is 24.5 Å². The summed E-state index contributed by atoms with van der Waals surface area (Å²) in [5, 5.41) is 14.0. The van der Waals surface area contributed by atoms with Crippen LogP contribution in [0.2, 0.25) is 0 Å². The molecule has 2 unspecified atom stereocenters. The van der Waals surface area contributed by atoms with E-state index < -0.39 is 9.84 Å². The van der Waals surface area contributed by atoms with Crippen molar-refractivity contribution in [3.8, 4) is 23.1 Å². The van der Waals surface area contributed by atoms with Crippen LogP contribution in [-0.2, 0) is 22.8 Å². The summed E-state index contributed by atoms with van der Waals surface area (Å²) < 4.78 is 30.3. The number of nitrogens with zero attached hydrogens (tertiary/aromatic N) is 7. The number of methoxy groups -OCH3 is 1. The SMILES string of the molecule is COc1ccc(CN2C3CC2CN(c2ccc(-c4cc(CCS(C)(=O)=O)cn5ncc(C#N)c45)cn2)C3)cn1. The molecule has 0 spiro atoms. The molecule has 7 heterocycles. The lowest BCUT2D eigenvalue weighted by atomic mass is 9.87. The van der Waals surface area contributed by atoms with Gasteiger partial charge in [-0.15, -0.1) is 0 Å². The molecule has 0 saturated carbocycles. The van der Waals surface area contributed by atoms with Crippen molar-refractivity contribution in [3.05, 3.63) is 71.8 Å². The number of hydrogen-bond acceptors (Lipinski definition) is 9. The predicted octanol–water partition coefficient (Wildman–Crippen LogP) is 2.72. The van der Waals surface area contributed by atoms with Gasteiger partial charge in [0.15, 0.2) is 0 Å². The van der Waals surface area contributed by atoms with Gasteiger partial charge in [0, 0.05) is 73.8 Å². The number of pyridine rings is 3. The second kappa shape index (κ2) is 9.94. The highest BCUT2D eigenvalue weighted by Crippen LogP contribution is 2.36. The Balaban J connectivity index is 1.20. The molecular weight excluding hydrogens is 514 g/mol. The van der Waals surface area contributed by atoms with Gasteiger partial charge >= 0.3 is 0 Å². The Morgan fingerprint density at radius 2 is 1.90 bits per heavy atom. The predicted molar refractivity (Wildman–Crippen MR) is 147 cm³/mol. The van der Waals surface area contributed by atoms with Gasteiger partial charge in [-0.2, -0.15) is 10.4 Å². The fourth-order valence-electron chi connectivity index (χ4n) is 5.62. The summed E-state index contributed by atoms with van der Waals surface area (Å²) in [6, 6.07) is 13.1. The van der Waals surface area contributed by atoms with E-state index in [4.69, 9.17) is 9.72 Å². The van der Waals surface area contributed by atoms with E-state index in [1.54, 1.807) is 17.8 Å². The van der Waals surface area contributed by atoms with Crippen LogP contribution >= 0.6 is 0 Å². The molecule has 0 radical (unpaired) electrons. The lowest BCUT2D eigenvalue weighted by Gasteiger charge is -2.56. The second-order valence-corrected chi connectivity index (χ2v) is 12.6. The van der Waals surface area contributed by atoms with E-state index in [1.165, 1.54) is 24.4 Å². The molecule has 200 valence electrons. The first-order chi connectivity index (χ1) is 18.8. The van der Waals surface area contributed by atoms with Crippen molar-refractivity contribution in [3.63, 3.8) is 0 Å². The van der Waals surface area contributed by atoms with Crippen LogP contribution in [0.5, 0.6) is 5.88 Å². The van der Waals surface area contributed by atoms with Crippen LogP contribution in [0.25, 0.3) is 16.6 Å². The second-order valence-electron chi connectivity index (χ2n) is 10.3. The Kier molecular flexibility index (Phi) is 6.45. The third kappa shape index (κ3) is 5.05. The van der Waals surface area contributed by atoms with Crippen molar-refractivity contribution in [2.45, 2.75) is 31.5 Å². The van der Waals surface area contributed by atoms with Crippen molar-refractivity contribution in [2.24, 2.45) is 0 Å². The summed E-state index contributed by atoms with van der Waals surface area (Å²) >= 11 is 0. The highest BCUT2D eigenvalue weighted by Gasteiger charge is 2.44. The molecule has 0 aliphatic carbocycles. The van der Waals surface area contributed by atoms with Gasteiger partial charge in [0.1, 0.15) is 21.7 Å². The number of fused-ring (bicyclic) bond motifs is 3. The molecule has 7 rings (SSSR count). The van der Waals surface area contributed by atoms with Crippen LogP contribution in [-0.4, -0.2) is 77.2 Å². The molecule has 2 atom stereocenters. The lowest BCUT2D eigenvalue weighted by Crippen LogP contribution is -2.68. The van der Waals surface area contributed by atoms with Crippen molar-refractivity contribution >= 4 is 21.2 Å². The van der Waals surface area contributed by atoms with E-state index in [2.05, 4.69) is 32.0 Å². The van der Waals surface area contributed by atoms with Crippen molar-refractivity contribution < 1.29 is 13.2 Å². The van der Waals surface area contributed by atoms with E-state index in [9.17, 15) is 13.7 Å². The van der Waals surface area contributed by atoms with E-state index in [-0.39, 0.29) is 5.75 Å². The maximum atomic E-state index is 11.7. The molecule has 0 aromatic carbocycles. The number of piperazine rings is 1. The Hall–Kier alpha value is -4.01. The summed E-state index contributed by atoms with van der Waals surface area (Å²) in [6.07, 6.45) is 9.84. The van der Waals surface area contributed by atoms with Gasteiger partial charge in [0.05, 0.1) is 30.1 Å². The smallest absolute Gasteiger partial charge is 0.212 e. The Morgan fingerprint density at radius 1 is 1.08 bits per heavy atom. The molecule has 39 heavy (non-hydrogen) atoms. The number of hydrogen-bond donors (Lipinski definition) is 0. The zero-order chi connectivity index (χ0) is 27.1. The largest absolute Gasteiger partial charge is 0.481 e. The van der Waals surface area contributed by atoms with Crippen molar-refractivity contribution in [1.29, 1.82) is 5.26 Å². The minimum Gasteiger partial charge on any atom is -0.481 e. The van der Waals surface area contributed by atoms with Gasteiger partial charge in [-0.25, -0.2) is 22.9 Å². The summed E-state index contributed by atoms with van der Waals surface area (Å²) in [7, 11) is -1.48. The summed E-state index contributed by atoms with van der Waals surface area (Å²) in [6.45, 7) is 2.71. The molecule has 4 aromatic heterocycles. The summed E-state index contributed by atoms with van der Waals surface area (Å²) in [5.74, 6) is 1.60. The first kappa shape index (κ1) is 25.3. The fraction of sp³-hybridized carbons (Fsp3) is 0.357. The minimum absolute atomic E-state index is 0.0464. The molecule has 3 saturated heterocycles. The average molecular weight is 544 g/mol. The molecule has 11 heteroatoms. The zero-order valence-corrected chi connectivity index (χ0v) is 22.7. The first-order valence-corrected chi connectivity index (χ1v) is 14.9. The number of rotatable bonds is 8. The summed E-state index contributed by atoms with van der Waals surface area (Å²) in [5.41, 5.74) is 4.85. The topological polar surface area (TPSA) is 117 Å². The molecule has 10 nitrogen and oxygen atoms in total. The highest BCUT2D eigenvalue weighted by molar-refractivity contribution is 7.90. The standard InChI is InChI=1S/C28H29N7O3S/c1-38-27-6-3-20(12-31-27)15-34-23-10-24(34)18-33(17-23)26-5-4-21(13-30-26)25-9-19(7-8-39(2,36)37)16-35-28(25)22(11-29)14-32-35/h3-6,9,12-14,16,23-24H,7-8,10,15,17-18H2,1-2H3. The van der Waals surface area contributed by atoms with Crippen LogP contribution in [0.4, 0.5) is 5.82 Å². The van der Waals surface area contributed by atoms with Crippen LogP contribution in [0.3, 0.4) is 0 Å². The Bertz CT molecular complexity index is 1650. The van der Waals surface area contributed by atoms with Gasteiger partial charge in [-0.3, -0.25) is 4.90 Å². The van der Waals surface area contributed by atoms with E-state index in [1.807, 2.05) is 36.7 Å². The van der Waals surface area contributed by atoms with Crippen LogP contribution in [0.1, 0.15) is 23.1 Å². The first-order valence-electron chi connectivity index (χ1n) is 12.9. The molecule has 0 N–H and O–H groups in total. The van der Waals surface area contributed by atoms with Gasteiger partial charge in [-0.05, 0) is 42.2 Å². The van der Waals surface area contributed by atoms with Gasteiger partial charge in [-0.1, -0.05) is 6.07 Å². The molecule has 3 fully saturated rings. The third-order valence-corrected chi connectivity index (χ3v) is 8.60. The molecule has 0 amide bonds. The Labute approximate surface area is 227 Å². The highest BCUT2D eigenvalue weighted by atomic mass is 32.2. The number of ether oxygens (including phenoxy) is 1. The van der Waals surface area contributed by atoms with Gasteiger partial charge < -0.3 is 9.64 Å². The number of aryl methyl sites for hydroxylation is 1. The van der Waals surface area contributed by atoms with E-state index in [0.717, 1.165) is 42.1 Å². The fourth-order valence-corrected chi connectivity index (χ4v) is 6.23. The number of piperidine rings is 1. The number of anilines is 1. The number of aromatic nitrogens is 4. The molecule has 4 aromatic rings. The number of nitriles is 1. The molecule has 2 bridgehead atoms. The van der Waals surface area contributed by atoms with Gasteiger partial charge in [0.2, 0.25) is 5.88 Å². The van der Waals surface area contributed by atoms with Crippen LogP contribution in [0, 0.1) is 11.3 Å². The summed E-state index contributed by atoms with van der Waals surface area (Å²) in [4.78, 5) is 14.0. The third-order valence-electron chi connectivity index (χ3n) is 7.65. The van der Waals surface area contributed by atoms with Crippen LogP contribution < -0.4 is 9.64 Å². The number of sulfone groups is 1. The maximum Gasteiger partial charge on any atom is 0.212 e. The maximum absolute atomic E-state index is 11.7. The van der Waals surface area contributed by atoms with Crippen LogP contribution in [0.15, 0.2) is 55.1 Å². The normalized spacial score (nSPS) is 19.1. The van der Waals surface area contributed by atoms with E-state index in [0.29, 0.717) is 35.5 Å². The molecular formula is C28H29N7O3S. The zero-order valence-electron chi connectivity index (χ0n) is 21.9. The molecule has 3 aliphatic heterocycles. The van der Waals surface area contributed by atoms with E-state index >= 15 is 0 Å². The average Bonchev–Trinajstić information content (AvgIpc) is 3.37. The Morgan fingerprint density at radius 3 is 2.54 bits per heavy atom. The van der Waals surface area contributed by atoms with Gasteiger partial charge in [0.25, 0.3) is 0 Å². The lowest BCUT2D eigenvalue weighted by molar-refractivity contribution is -0.00876. The minimum atomic E-state index is -3.11. The quantitative estimate of drug-likeness (QED) is 0.331. The molecule has 3 aliphatic rings.